The molecule has 2 heteroatoms. The van der Waals surface area contributed by atoms with Gasteiger partial charge in [-0.15, -0.1) is 0 Å². The molecular formula is C9H15NS. The lowest BCUT2D eigenvalue weighted by Crippen LogP contribution is -1.94. The van der Waals surface area contributed by atoms with Gasteiger partial charge >= 0.3 is 0 Å². The summed E-state index contributed by atoms with van der Waals surface area (Å²) < 4.78 is 0. The second-order valence-corrected chi connectivity index (χ2v) is 5.48. The van der Waals surface area contributed by atoms with Crippen molar-refractivity contribution in [3.63, 3.8) is 0 Å². The average Bonchev–Trinajstić information content (AvgIpc) is 2.03. The molecule has 0 N–H and O–H groups in total. The number of aromatic nitrogens is 1. The minimum atomic E-state index is 0.236. The van der Waals surface area contributed by atoms with Crippen molar-refractivity contribution >= 4 is 10.9 Å². The fourth-order valence-electron chi connectivity index (χ4n) is 0.884. The van der Waals surface area contributed by atoms with E-state index in [1.165, 1.54) is 11.4 Å². The fraction of sp³-hybridized carbons (Fsp3) is 0.444. The first-order chi connectivity index (χ1) is 5.29. The van der Waals surface area contributed by atoms with Crippen LogP contribution in [-0.4, -0.2) is 23.2 Å². The van der Waals surface area contributed by atoms with Crippen molar-refractivity contribution in [2.24, 2.45) is 0 Å². The Kier molecular flexibility index (Phi) is 3.43. The monoisotopic (exact) mass is 169 g/mol. The van der Waals surface area contributed by atoms with Crippen LogP contribution in [0.3, 0.4) is 0 Å². The molecule has 0 saturated heterocycles. The number of rotatable bonds is 3. The van der Waals surface area contributed by atoms with Gasteiger partial charge < -0.3 is 0 Å². The second-order valence-electron chi connectivity index (χ2n) is 2.87. The molecule has 62 valence electrons. The maximum Gasteiger partial charge on any atom is 0.0411 e. The molecule has 1 aromatic heterocycles. The minimum Gasteiger partial charge on any atom is -0.261 e. The zero-order valence-electron chi connectivity index (χ0n) is 7.12. The standard InChI is InChI=1S/C9H15NS/c1-11(2)8-6-9-5-3-4-7-10-9/h3-5,7,11H,6,8H2,1-2H3. The molecule has 0 radical (unpaired) electrons. The lowest BCUT2D eigenvalue weighted by Gasteiger charge is -2.06. The highest BCUT2D eigenvalue weighted by Gasteiger charge is 1.93. The minimum absolute atomic E-state index is 0.236. The van der Waals surface area contributed by atoms with E-state index in [-0.39, 0.29) is 10.9 Å². The van der Waals surface area contributed by atoms with Gasteiger partial charge in [0.15, 0.2) is 0 Å². The van der Waals surface area contributed by atoms with Gasteiger partial charge in [-0.1, -0.05) is 6.07 Å². The van der Waals surface area contributed by atoms with Crippen LogP contribution >= 0.6 is 10.9 Å². The van der Waals surface area contributed by atoms with E-state index < -0.39 is 0 Å². The smallest absolute Gasteiger partial charge is 0.0411 e. The first kappa shape index (κ1) is 8.60. The normalized spacial score (nSPS) is 11.3. The number of nitrogens with zero attached hydrogens (tertiary/aromatic N) is 1. The van der Waals surface area contributed by atoms with Crippen molar-refractivity contribution in [3.8, 4) is 0 Å². The summed E-state index contributed by atoms with van der Waals surface area (Å²) in [6.07, 6.45) is 7.61. The topological polar surface area (TPSA) is 12.9 Å². The van der Waals surface area contributed by atoms with Crippen LogP contribution in [-0.2, 0) is 6.42 Å². The second kappa shape index (κ2) is 4.39. The molecule has 0 saturated carbocycles. The van der Waals surface area contributed by atoms with E-state index in [1.54, 1.807) is 0 Å². The Morgan fingerprint density at radius 2 is 2.18 bits per heavy atom. The number of hydrogen-bond donors (Lipinski definition) is 1. The molecule has 0 atom stereocenters. The quantitative estimate of drug-likeness (QED) is 0.682. The molecule has 1 rings (SSSR count). The average molecular weight is 169 g/mol. The van der Waals surface area contributed by atoms with Gasteiger partial charge in [-0.2, -0.15) is 0 Å². The zero-order valence-corrected chi connectivity index (χ0v) is 8.01. The Morgan fingerprint density at radius 1 is 1.36 bits per heavy atom. The Balaban J connectivity index is 2.39. The molecule has 0 aliphatic carbocycles. The Hall–Kier alpha value is -0.500. The molecule has 0 aliphatic rings. The molecule has 0 aliphatic heterocycles. The Morgan fingerprint density at radius 3 is 2.73 bits per heavy atom. The molecular weight excluding hydrogens is 154 g/mol. The summed E-state index contributed by atoms with van der Waals surface area (Å²) in [7, 11) is 0.236. The Labute approximate surface area is 71.2 Å². The van der Waals surface area contributed by atoms with Crippen molar-refractivity contribution in [2.75, 3.05) is 18.3 Å². The molecule has 0 amide bonds. The molecule has 0 spiro atoms. The van der Waals surface area contributed by atoms with E-state index >= 15 is 0 Å². The van der Waals surface area contributed by atoms with E-state index in [2.05, 4.69) is 29.6 Å². The Bertz CT molecular complexity index is 196. The third-order valence-corrected chi connectivity index (χ3v) is 2.66. The molecule has 0 bridgehead atoms. The van der Waals surface area contributed by atoms with Crippen LogP contribution in [0.2, 0.25) is 0 Å². The highest BCUT2D eigenvalue weighted by molar-refractivity contribution is 8.15. The third kappa shape index (κ3) is 3.42. The van der Waals surface area contributed by atoms with Crippen LogP contribution in [0.1, 0.15) is 5.69 Å². The summed E-state index contributed by atoms with van der Waals surface area (Å²) in [4.78, 5) is 4.26. The van der Waals surface area contributed by atoms with Crippen LogP contribution in [0.25, 0.3) is 0 Å². The molecule has 0 fully saturated rings. The van der Waals surface area contributed by atoms with Crippen LogP contribution in [0.4, 0.5) is 0 Å². The van der Waals surface area contributed by atoms with Crippen molar-refractivity contribution in [2.45, 2.75) is 6.42 Å². The summed E-state index contributed by atoms with van der Waals surface area (Å²) >= 11 is 0. The molecule has 0 aromatic carbocycles. The van der Waals surface area contributed by atoms with E-state index in [9.17, 15) is 0 Å². The largest absolute Gasteiger partial charge is 0.261 e. The van der Waals surface area contributed by atoms with Gasteiger partial charge in [0, 0.05) is 11.9 Å². The predicted molar refractivity (Wildman–Crippen MR) is 53.6 cm³/mol. The highest BCUT2D eigenvalue weighted by atomic mass is 32.2. The van der Waals surface area contributed by atoms with Crippen LogP contribution in [0, 0.1) is 0 Å². The number of thiol groups is 1. The zero-order chi connectivity index (χ0) is 8.10. The van der Waals surface area contributed by atoms with Crippen molar-refractivity contribution in [1.29, 1.82) is 0 Å². The van der Waals surface area contributed by atoms with Gasteiger partial charge in [0.1, 0.15) is 0 Å². The van der Waals surface area contributed by atoms with Crippen LogP contribution < -0.4 is 0 Å². The maximum atomic E-state index is 4.26. The number of hydrogen-bond acceptors (Lipinski definition) is 1. The van der Waals surface area contributed by atoms with Gasteiger partial charge in [-0.3, -0.25) is 15.9 Å². The van der Waals surface area contributed by atoms with Crippen molar-refractivity contribution in [1.82, 2.24) is 4.98 Å². The lowest BCUT2D eigenvalue weighted by molar-refractivity contribution is 1.05. The van der Waals surface area contributed by atoms with Gasteiger partial charge in [-0.25, -0.2) is 0 Å². The van der Waals surface area contributed by atoms with E-state index in [0.717, 1.165) is 6.42 Å². The maximum absolute atomic E-state index is 4.26. The van der Waals surface area contributed by atoms with Gasteiger partial charge in [0.2, 0.25) is 0 Å². The first-order valence-corrected chi connectivity index (χ1v) is 6.26. The van der Waals surface area contributed by atoms with E-state index in [0.29, 0.717) is 0 Å². The SMILES string of the molecule is C[SH](C)CCc1ccccn1. The van der Waals surface area contributed by atoms with Crippen molar-refractivity contribution in [3.05, 3.63) is 30.1 Å². The van der Waals surface area contributed by atoms with Crippen LogP contribution in [0.15, 0.2) is 24.4 Å². The molecule has 11 heavy (non-hydrogen) atoms. The van der Waals surface area contributed by atoms with E-state index in [4.69, 9.17) is 0 Å². The summed E-state index contributed by atoms with van der Waals surface area (Å²) in [5, 5.41) is 0. The molecule has 1 aromatic rings. The van der Waals surface area contributed by atoms with Crippen molar-refractivity contribution < 1.29 is 0 Å². The summed E-state index contributed by atoms with van der Waals surface area (Å²) in [6.45, 7) is 0. The number of aryl methyl sites for hydroxylation is 1. The van der Waals surface area contributed by atoms with E-state index in [1.807, 2.05) is 12.3 Å². The molecule has 0 unspecified atom stereocenters. The van der Waals surface area contributed by atoms with Gasteiger partial charge in [-0.05, 0) is 36.8 Å². The molecule has 1 heterocycles. The number of pyridine rings is 1. The van der Waals surface area contributed by atoms with Gasteiger partial charge in [0.05, 0.1) is 0 Å². The molecule has 1 nitrogen and oxygen atoms in total. The highest BCUT2D eigenvalue weighted by Crippen LogP contribution is 2.14. The summed E-state index contributed by atoms with van der Waals surface area (Å²) in [5.74, 6) is 1.30. The first-order valence-electron chi connectivity index (χ1n) is 3.83. The van der Waals surface area contributed by atoms with Crippen LogP contribution in [0.5, 0.6) is 0 Å². The van der Waals surface area contributed by atoms with Gasteiger partial charge in [0.25, 0.3) is 0 Å². The third-order valence-electron chi connectivity index (χ3n) is 1.54. The summed E-state index contributed by atoms with van der Waals surface area (Å²) in [5.41, 5.74) is 1.23. The fourth-order valence-corrected chi connectivity index (χ4v) is 1.56. The lowest BCUT2D eigenvalue weighted by atomic mass is 10.3. The summed E-state index contributed by atoms with van der Waals surface area (Å²) in [6, 6.07) is 6.11. The predicted octanol–water partition coefficient (Wildman–Crippen LogP) is 1.88.